The molecule has 0 amide bonds. The monoisotopic (exact) mass is 390 g/mol. The molecule has 154 valence electrons. The van der Waals surface area contributed by atoms with Crippen molar-refractivity contribution in [3.8, 4) is 0 Å². The first-order chi connectivity index (χ1) is 13.6. The molecule has 2 N–H and O–H groups in total. The summed E-state index contributed by atoms with van der Waals surface area (Å²) in [5.41, 5.74) is 0. The van der Waals surface area contributed by atoms with E-state index in [0.717, 1.165) is 62.2 Å². The number of methoxy groups -OCH3 is 1. The molecule has 10 nitrogen and oxygen atoms in total. The van der Waals surface area contributed by atoms with Crippen molar-refractivity contribution in [2.45, 2.75) is 64.6 Å². The lowest BCUT2D eigenvalue weighted by Gasteiger charge is -2.25. The zero-order valence-corrected chi connectivity index (χ0v) is 17.1. The molecule has 1 unspecified atom stereocenters. The summed E-state index contributed by atoms with van der Waals surface area (Å²) in [4.78, 5) is 13.2. The number of aliphatic imine (C=N–C) groups is 1. The van der Waals surface area contributed by atoms with Crippen molar-refractivity contribution in [3.63, 3.8) is 0 Å². The molecule has 3 rings (SSSR count). The summed E-state index contributed by atoms with van der Waals surface area (Å²) in [5.74, 6) is 4.28. The molecule has 0 bridgehead atoms. The molecule has 0 radical (unpaired) electrons. The van der Waals surface area contributed by atoms with Crippen molar-refractivity contribution in [3.05, 3.63) is 23.4 Å². The van der Waals surface area contributed by atoms with Crippen LogP contribution in [-0.2, 0) is 30.7 Å². The van der Waals surface area contributed by atoms with Gasteiger partial charge in [0.15, 0.2) is 17.6 Å². The molecule has 2 aromatic rings. The lowest BCUT2D eigenvalue weighted by Crippen LogP contribution is -2.47. The van der Waals surface area contributed by atoms with Gasteiger partial charge in [0, 0.05) is 45.5 Å². The zero-order valence-electron chi connectivity index (χ0n) is 17.1. The number of nitrogens with zero attached hydrogens (tertiary/aromatic N) is 6. The van der Waals surface area contributed by atoms with E-state index in [1.54, 1.807) is 14.2 Å². The number of hydrogen-bond donors (Lipinski definition) is 2. The van der Waals surface area contributed by atoms with Crippen LogP contribution in [-0.4, -0.2) is 57.6 Å². The summed E-state index contributed by atoms with van der Waals surface area (Å²) >= 11 is 0. The minimum atomic E-state index is 0.264. The quantitative estimate of drug-likeness (QED) is 0.390. The van der Waals surface area contributed by atoms with E-state index in [-0.39, 0.29) is 12.0 Å². The Morgan fingerprint density at radius 2 is 2.25 bits per heavy atom. The summed E-state index contributed by atoms with van der Waals surface area (Å²) in [6.45, 7) is 6.10. The topological polar surface area (TPSA) is 115 Å². The van der Waals surface area contributed by atoms with Crippen LogP contribution in [0.3, 0.4) is 0 Å². The van der Waals surface area contributed by atoms with Crippen LogP contribution < -0.4 is 10.6 Å². The number of aryl methyl sites for hydroxylation is 2. The molecular formula is C18H30N8O2. The molecule has 1 atom stereocenters. The Hall–Kier alpha value is -2.49. The molecule has 10 heteroatoms. The third kappa shape index (κ3) is 5.28. The van der Waals surface area contributed by atoms with Crippen molar-refractivity contribution in [1.82, 2.24) is 35.5 Å². The second-order valence-corrected chi connectivity index (χ2v) is 7.24. The third-order valence-electron chi connectivity index (χ3n) is 4.60. The Bertz CT molecular complexity index is 782. The summed E-state index contributed by atoms with van der Waals surface area (Å²) in [7, 11) is 3.43. The molecule has 2 aromatic heterocycles. The Balaban J connectivity index is 1.41. The van der Waals surface area contributed by atoms with E-state index >= 15 is 0 Å². The lowest BCUT2D eigenvalue weighted by atomic mass is 10.1. The second kappa shape index (κ2) is 9.63. The van der Waals surface area contributed by atoms with E-state index in [0.29, 0.717) is 12.5 Å². The number of hydrogen-bond acceptors (Lipinski definition) is 7. The van der Waals surface area contributed by atoms with E-state index in [9.17, 15) is 0 Å². The summed E-state index contributed by atoms with van der Waals surface area (Å²) in [5, 5.41) is 15.3. The van der Waals surface area contributed by atoms with Gasteiger partial charge in [0.25, 0.3) is 0 Å². The number of rotatable bonds is 8. The van der Waals surface area contributed by atoms with Gasteiger partial charge in [0.05, 0.1) is 6.54 Å². The van der Waals surface area contributed by atoms with Crippen molar-refractivity contribution in [2.75, 3.05) is 20.7 Å². The number of ether oxygens (including phenoxy) is 1. The molecule has 28 heavy (non-hydrogen) atoms. The molecule has 1 aliphatic heterocycles. The highest BCUT2D eigenvalue weighted by atomic mass is 16.5. The minimum absolute atomic E-state index is 0.264. The lowest BCUT2D eigenvalue weighted by molar-refractivity contribution is 0.177. The standard InChI is InChI=1S/C18H30N8O2/c1-12(2)17-23-16(28-25-17)6-5-9-20-18(19-3)21-13-7-8-15-22-14(11-27-4)24-26(15)10-13/h12-13H,5-11H2,1-4H3,(H2,19,20,21). The van der Waals surface area contributed by atoms with Gasteiger partial charge >= 0.3 is 0 Å². The average Bonchev–Trinajstić information content (AvgIpc) is 3.30. The molecule has 3 heterocycles. The second-order valence-electron chi connectivity index (χ2n) is 7.24. The van der Waals surface area contributed by atoms with Gasteiger partial charge in [-0.25, -0.2) is 9.67 Å². The maximum Gasteiger partial charge on any atom is 0.226 e. The van der Waals surface area contributed by atoms with E-state index in [1.165, 1.54) is 0 Å². The van der Waals surface area contributed by atoms with Crippen LogP contribution in [0.5, 0.6) is 0 Å². The van der Waals surface area contributed by atoms with Gasteiger partial charge in [-0.05, 0) is 12.8 Å². The molecule has 0 spiro atoms. The van der Waals surface area contributed by atoms with Crippen LogP contribution in [0, 0.1) is 0 Å². The van der Waals surface area contributed by atoms with Crippen molar-refractivity contribution in [1.29, 1.82) is 0 Å². The van der Waals surface area contributed by atoms with Crippen LogP contribution in [0.4, 0.5) is 0 Å². The van der Waals surface area contributed by atoms with Gasteiger partial charge in [-0.3, -0.25) is 4.99 Å². The first-order valence-electron chi connectivity index (χ1n) is 9.80. The SMILES string of the molecule is CN=C(NCCCc1nc(C(C)C)no1)NC1CCc2nc(COC)nn2C1. The van der Waals surface area contributed by atoms with Gasteiger partial charge in [0.2, 0.25) is 5.89 Å². The highest BCUT2D eigenvalue weighted by Gasteiger charge is 2.22. The molecule has 0 saturated heterocycles. The van der Waals surface area contributed by atoms with E-state index < -0.39 is 0 Å². The maximum absolute atomic E-state index is 5.27. The largest absolute Gasteiger partial charge is 0.377 e. The van der Waals surface area contributed by atoms with Crippen molar-refractivity contribution in [2.24, 2.45) is 4.99 Å². The highest BCUT2D eigenvalue weighted by molar-refractivity contribution is 5.79. The van der Waals surface area contributed by atoms with Crippen LogP contribution in [0.15, 0.2) is 9.52 Å². The molecule has 0 aromatic carbocycles. The predicted molar refractivity (Wildman–Crippen MR) is 104 cm³/mol. The first-order valence-corrected chi connectivity index (χ1v) is 9.80. The summed E-state index contributed by atoms with van der Waals surface area (Å²) < 4.78 is 12.4. The van der Waals surface area contributed by atoms with E-state index in [4.69, 9.17) is 9.26 Å². The fourth-order valence-corrected chi connectivity index (χ4v) is 3.11. The fourth-order valence-electron chi connectivity index (χ4n) is 3.11. The number of nitrogens with one attached hydrogen (secondary N) is 2. The van der Waals surface area contributed by atoms with Crippen LogP contribution in [0.2, 0.25) is 0 Å². The fraction of sp³-hybridized carbons (Fsp3) is 0.722. The Labute approximate surface area is 165 Å². The molecule has 0 aliphatic carbocycles. The molecular weight excluding hydrogens is 360 g/mol. The Kier molecular flexibility index (Phi) is 6.96. The number of fused-ring (bicyclic) bond motifs is 1. The average molecular weight is 390 g/mol. The maximum atomic E-state index is 5.27. The highest BCUT2D eigenvalue weighted by Crippen LogP contribution is 2.13. The van der Waals surface area contributed by atoms with Crippen LogP contribution >= 0.6 is 0 Å². The van der Waals surface area contributed by atoms with Gasteiger partial charge in [0.1, 0.15) is 12.4 Å². The van der Waals surface area contributed by atoms with Gasteiger partial charge < -0.3 is 19.9 Å². The number of aromatic nitrogens is 5. The van der Waals surface area contributed by atoms with Gasteiger partial charge in [-0.15, -0.1) is 0 Å². The number of guanidine groups is 1. The predicted octanol–water partition coefficient (Wildman–Crippen LogP) is 1.04. The molecule has 1 aliphatic rings. The van der Waals surface area contributed by atoms with Gasteiger partial charge in [-0.1, -0.05) is 19.0 Å². The first kappa shape index (κ1) is 20.2. The normalized spacial score (nSPS) is 17.0. The van der Waals surface area contributed by atoms with Crippen molar-refractivity contribution < 1.29 is 9.26 Å². The molecule has 0 fully saturated rings. The van der Waals surface area contributed by atoms with Crippen LogP contribution in [0.1, 0.15) is 56.0 Å². The van der Waals surface area contributed by atoms with Gasteiger partial charge in [-0.2, -0.15) is 10.1 Å². The Morgan fingerprint density at radius 3 is 2.96 bits per heavy atom. The summed E-state index contributed by atoms with van der Waals surface area (Å²) in [6, 6.07) is 0.264. The molecule has 0 saturated carbocycles. The van der Waals surface area contributed by atoms with E-state index in [2.05, 4.69) is 49.7 Å². The third-order valence-corrected chi connectivity index (χ3v) is 4.60. The summed E-state index contributed by atoms with van der Waals surface area (Å²) in [6.07, 6.45) is 3.52. The Morgan fingerprint density at radius 1 is 1.39 bits per heavy atom. The zero-order chi connectivity index (χ0) is 19.9. The van der Waals surface area contributed by atoms with Crippen molar-refractivity contribution >= 4 is 5.96 Å². The van der Waals surface area contributed by atoms with Crippen LogP contribution in [0.25, 0.3) is 0 Å². The van der Waals surface area contributed by atoms with E-state index in [1.807, 2.05) is 4.68 Å². The minimum Gasteiger partial charge on any atom is -0.377 e. The smallest absolute Gasteiger partial charge is 0.226 e.